The van der Waals surface area contributed by atoms with E-state index >= 15 is 0 Å². The number of benzene rings is 1. The van der Waals surface area contributed by atoms with E-state index in [4.69, 9.17) is 0 Å². The van der Waals surface area contributed by atoms with Crippen molar-refractivity contribution in [3.8, 4) is 17.0 Å². The summed E-state index contributed by atoms with van der Waals surface area (Å²) in [5, 5.41) is 0. The molecule has 0 saturated carbocycles. The molecule has 22 heavy (non-hydrogen) atoms. The zero-order chi connectivity index (χ0) is 16.3. The standard InChI is InChI=1S/C14H9F4NO3/c1-21-13(20)9-6-7-19-12(11(9)15)8-4-2-3-5-10(8)22-14(16,17)18/h2-7H,1H3. The van der Waals surface area contributed by atoms with Crippen molar-refractivity contribution in [1.29, 1.82) is 0 Å². The predicted molar refractivity (Wildman–Crippen MR) is 67.7 cm³/mol. The van der Waals surface area contributed by atoms with Gasteiger partial charge in [-0.15, -0.1) is 13.2 Å². The van der Waals surface area contributed by atoms with Gasteiger partial charge in [0.25, 0.3) is 0 Å². The number of alkyl halides is 3. The van der Waals surface area contributed by atoms with Crippen LogP contribution in [0.25, 0.3) is 11.3 Å². The third-order valence-corrected chi connectivity index (χ3v) is 2.66. The summed E-state index contributed by atoms with van der Waals surface area (Å²) in [6.45, 7) is 0. The Hall–Kier alpha value is -2.64. The molecule has 2 rings (SSSR count). The minimum atomic E-state index is -4.94. The summed E-state index contributed by atoms with van der Waals surface area (Å²) in [7, 11) is 1.06. The molecular weight excluding hydrogens is 306 g/mol. The van der Waals surface area contributed by atoms with Crippen molar-refractivity contribution in [2.24, 2.45) is 0 Å². The lowest BCUT2D eigenvalue weighted by Gasteiger charge is -2.13. The van der Waals surface area contributed by atoms with Gasteiger partial charge in [0.2, 0.25) is 0 Å². The van der Waals surface area contributed by atoms with Crippen molar-refractivity contribution in [3.63, 3.8) is 0 Å². The van der Waals surface area contributed by atoms with Crippen molar-refractivity contribution in [2.45, 2.75) is 6.36 Å². The number of hydrogen-bond acceptors (Lipinski definition) is 4. The van der Waals surface area contributed by atoms with Crippen LogP contribution in [-0.2, 0) is 4.74 Å². The zero-order valence-electron chi connectivity index (χ0n) is 11.1. The van der Waals surface area contributed by atoms with Crippen LogP contribution in [0, 0.1) is 5.82 Å². The van der Waals surface area contributed by atoms with E-state index in [1.165, 1.54) is 18.2 Å². The third kappa shape index (κ3) is 3.33. The van der Waals surface area contributed by atoms with E-state index in [0.29, 0.717) is 0 Å². The highest BCUT2D eigenvalue weighted by atomic mass is 19.4. The molecule has 2 aromatic rings. The summed E-state index contributed by atoms with van der Waals surface area (Å²) in [5.41, 5.74) is -1.11. The van der Waals surface area contributed by atoms with Crippen molar-refractivity contribution in [2.75, 3.05) is 7.11 Å². The maximum Gasteiger partial charge on any atom is 0.573 e. The molecule has 0 atom stereocenters. The summed E-state index contributed by atoms with van der Waals surface area (Å²) in [4.78, 5) is 15.1. The van der Waals surface area contributed by atoms with Gasteiger partial charge in [0, 0.05) is 11.8 Å². The number of nitrogens with zero attached hydrogens (tertiary/aromatic N) is 1. The summed E-state index contributed by atoms with van der Waals surface area (Å²) < 4.78 is 59.7. The Balaban J connectivity index is 2.56. The van der Waals surface area contributed by atoms with Crippen LogP contribution in [0.3, 0.4) is 0 Å². The molecule has 0 bridgehead atoms. The number of hydrogen-bond donors (Lipinski definition) is 0. The number of rotatable bonds is 3. The number of ether oxygens (including phenoxy) is 2. The molecule has 1 heterocycles. The van der Waals surface area contributed by atoms with E-state index in [1.807, 2.05) is 0 Å². The summed E-state index contributed by atoms with van der Waals surface area (Å²) in [6.07, 6.45) is -3.85. The number of esters is 1. The summed E-state index contributed by atoms with van der Waals surface area (Å²) in [6, 6.07) is 5.98. The summed E-state index contributed by atoms with van der Waals surface area (Å²) >= 11 is 0. The molecule has 0 aliphatic heterocycles. The minimum Gasteiger partial charge on any atom is -0.465 e. The Kier molecular flexibility index (Phi) is 4.30. The highest BCUT2D eigenvalue weighted by molar-refractivity contribution is 5.91. The van der Waals surface area contributed by atoms with Crippen LogP contribution in [0.15, 0.2) is 36.5 Å². The molecule has 8 heteroatoms. The highest BCUT2D eigenvalue weighted by Gasteiger charge is 2.32. The Labute approximate surface area is 122 Å². The Morgan fingerprint density at radius 1 is 1.18 bits per heavy atom. The van der Waals surface area contributed by atoms with Crippen LogP contribution in [0.1, 0.15) is 10.4 Å². The fourth-order valence-electron chi connectivity index (χ4n) is 1.78. The second-order valence-electron chi connectivity index (χ2n) is 4.06. The minimum absolute atomic E-state index is 0.233. The fraction of sp³-hybridized carbons (Fsp3) is 0.143. The van der Waals surface area contributed by atoms with Gasteiger partial charge in [-0.25, -0.2) is 9.18 Å². The van der Waals surface area contributed by atoms with Crippen LogP contribution < -0.4 is 4.74 Å². The van der Waals surface area contributed by atoms with E-state index in [0.717, 1.165) is 25.4 Å². The second kappa shape index (κ2) is 6.00. The molecule has 0 spiro atoms. The van der Waals surface area contributed by atoms with Gasteiger partial charge in [0.05, 0.1) is 12.7 Å². The van der Waals surface area contributed by atoms with E-state index in [-0.39, 0.29) is 5.56 Å². The number of halogens is 4. The molecule has 0 aliphatic carbocycles. The van der Waals surface area contributed by atoms with E-state index in [9.17, 15) is 22.4 Å². The monoisotopic (exact) mass is 315 g/mol. The maximum absolute atomic E-state index is 14.3. The van der Waals surface area contributed by atoms with Gasteiger partial charge in [-0.05, 0) is 18.2 Å². The lowest BCUT2D eigenvalue weighted by atomic mass is 10.1. The molecule has 0 N–H and O–H groups in total. The van der Waals surface area contributed by atoms with Gasteiger partial charge in [0.1, 0.15) is 11.4 Å². The van der Waals surface area contributed by atoms with Gasteiger partial charge >= 0.3 is 12.3 Å². The van der Waals surface area contributed by atoms with Gasteiger partial charge in [-0.2, -0.15) is 0 Å². The average molecular weight is 315 g/mol. The number of methoxy groups -OCH3 is 1. The molecule has 1 aromatic heterocycles. The zero-order valence-corrected chi connectivity index (χ0v) is 11.1. The Morgan fingerprint density at radius 2 is 1.86 bits per heavy atom. The first-order valence-electron chi connectivity index (χ1n) is 5.91. The van der Waals surface area contributed by atoms with Gasteiger partial charge in [0.15, 0.2) is 5.82 Å². The number of para-hydroxylation sites is 1. The SMILES string of the molecule is COC(=O)c1ccnc(-c2ccccc2OC(F)(F)F)c1F. The van der Waals surface area contributed by atoms with Crippen LogP contribution in [0.2, 0.25) is 0 Å². The lowest BCUT2D eigenvalue weighted by molar-refractivity contribution is -0.274. The quantitative estimate of drug-likeness (QED) is 0.642. The summed E-state index contributed by atoms with van der Waals surface area (Å²) in [5.74, 6) is -2.67. The molecule has 0 saturated heterocycles. The first-order chi connectivity index (χ1) is 10.3. The Morgan fingerprint density at radius 3 is 2.50 bits per heavy atom. The normalized spacial score (nSPS) is 11.1. The molecule has 116 valence electrons. The van der Waals surface area contributed by atoms with E-state index in [1.54, 1.807) is 0 Å². The lowest BCUT2D eigenvalue weighted by Crippen LogP contribution is -2.18. The van der Waals surface area contributed by atoms with Gasteiger partial charge in [-0.1, -0.05) is 12.1 Å². The van der Waals surface area contributed by atoms with Crippen LogP contribution >= 0.6 is 0 Å². The predicted octanol–water partition coefficient (Wildman–Crippen LogP) is 3.57. The van der Waals surface area contributed by atoms with E-state index < -0.39 is 35.2 Å². The Bertz CT molecular complexity index is 701. The van der Waals surface area contributed by atoms with Crippen molar-refractivity contribution >= 4 is 5.97 Å². The van der Waals surface area contributed by atoms with Crippen molar-refractivity contribution in [3.05, 3.63) is 47.9 Å². The fourth-order valence-corrected chi connectivity index (χ4v) is 1.78. The first kappa shape index (κ1) is 15.7. The number of carbonyl (C=O) groups excluding carboxylic acids is 1. The maximum atomic E-state index is 14.3. The molecule has 0 amide bonds. The third-order valence-electron chi connectivity index (χ3n) is 2.66. The first-order valence-corrected chi connectivity index (χ1v) is 5.91. The molecule has 1 aromatic carbocycles. The largest absolute Gasteiger partial charge is 0.573 e. The molecule has 0 fully saturated rings. The second-order valence-corrected chi connectivity index (χ2v) is 4.06. The number of carbonyl (C=O) groups is 1. The van der Waals surface area contributed by atoms with Crippen LogP contribution in [-0.4, -0.2) is 24.4 Å². The van der Waals surface area contributed by atoms with Crippen molar-refractivity contribution < 1.29 is 31.8 Å². The van der Waals surface area contributed by atoms with Gasteiger partial charge in [-0.3, -0.25) is 4.98 Å². The van der Waals surface area contributed by atoms with E-state index in [2.05, 4.69) is 14.5 Å². The molecule has 0 unspecified atom stereocenters. The highest BCUT2D eigenvalue weighted by Crippen LogP contribution is 2.34. The topological polar surface area (TPSA) is 48.4 Å². The molecular formula is C14H9F4NO3. The smallest absolute Gasteiger partial charge is 0.465 e. The van der Waals surface area contributed by atoms with Crippen LogP contribution in [0.4, 0.5) is 17.6 Å². The molecule has 0 aliphatic rings. The van der Waals surface area contributed by atoms with Gasteiger partial charge < -0.3 is 9.47 Å². The number of aromatic nitrogens is 1. The number of pyridine rings is 1. The molecule has 4 nitrogen and oxygen atoms in total. The average Bonchev–Trinajstić information content (AvgIpc) is 2.46. The molecule has 0 radical (unpaired) electrons. The van der Waals surface area contributed by atoms with Crippen molar-refractivity contribution in [1.82, 2.24) is 4.98 Å². The van der Waals surface area contributed by atoms with Crippen LogP contribution in [0.5, 0.6) is 5.75 Å².